The van der Waals surface area contributed by atoms with E-state index < -0.39 is 0 Å². The topological polar surface area (TPSA) is 37.8 Å². The molecule has 1 aliphatic carbocycles. The fraction of sp³-hybridized carbons (Fsp3) is 0.647. The van der Waals surface area contributed by atoms with Crippen LogP contribution in [0.2, 0.25) is 0 Å². The van der Waals surface area contributed by atoms with Gasteiger partial charge in [0.15, 0.2) is 0 Å². The molecule has 0 amide bonds. The minimum atomic E-state index is 0.152. The molecule has 2 rings (SSSR count). The van der Waals surface area contributed by atoms with Gasteiger partial charge in [-0.25, -0.2) is 9.97 Å². The van der Waals surface area contributed by atoms with E-state index in [0.717, 1.165) is 12.2 Å². The molecule has 0 bridgehead atoms. The summed E-state index contributed by atoms with van der Waals surface area (Å²) in [4.78, 5) is 8.34. The second kappa shape index (κ2) is 6.98. The Morgan fingerprint density at radius 3 is 2.65 bits per heavy atom. The number of nitrogens with one attached hydrogen (secondary N) is 1. The summed E-state index contributed by atoms with van der Waals surface area (Å²) < 4.78 is 0. The van der Waals surface area contributed by atoms with Gasteiger partial charge in [0.1, 0.15) is 6.33 Å². The van der Waals surface area contributed by atoms with Gasteiger partial charge in [0.25, 0.3) is 0 Å². The second-order valence-electron chi connectivity index (χ2n) is 6.79. The number of rotatable bonds is 4. The van der Waals surface area contributed by atoms with E-state index in [1.54, 1.807) is 6.33 Å². The van der Waals surface area contributed by atoms with Gasteiger partial charge in [-0.2, -0.15) is 0 Å². The van der Waals surface area contributed by atoms with E-state index in [1.807, 2.05) is 12.3 Å². The average Bonchev–Trinajstić information content (AvgIpc) is 2.44. The van der Waals surface area contributed by atoms with E-state index in [-0.39, 0.29) is 5.54 Å². The molecule has 1 aromatic heterocycles. The molecular formula is C17H27N3. The summed E-state index contributed by atoms with van der Waals surface area (Å²) in [7, 11) is 0. The molecule has 0 aliphatic heterocycles. The van der Waals surface area contributed by atoms with Crippen LogP contribution in [0.5, 0.6) is 0 Å². The van der Waals surface area contributed by atoms with Crippen LogP contribution in [-0.2, 0) is 0 Å². The first kappa shape index (κ1) is 15.2. The molecule has 0 aromatic carbocycles. The third kappa shape index (κ3) is 5.04. The highest BCUT2D eigenvalue weighted by Crippen LogP contribution is 2.30. The lowest BCUT2D eigenvalue weighted by Gasteiger charge is -2.28. The number of aromatic nitrogens is 2. The summed E-state index contributed by atoms with van der Waals surface area (Å²) in [6.07, 6.45) is 12.5. The van der Waals surface area contributed by atoms with Crippen LogP contribution in [0.3, 0.4) is 0 Å². The smallest absolute Gasteiger partial charge is 0.115 e. The molecule has 1 heterocycles. The zero-order chi connectivity index (χ0) is 14.4. The van der Waals surface area contributed by atoms with Crippen LogP contribution in [0, 0.1) is 5.92 Å². The maximum atomic E-state index is 4.34. The number of nitrogens with zero attached hydrogens (tertiary/aromatic N) is 2. The average molecular weight is 273 g/mol. The summed E-state index contributed by atoms with van der Waals surface area (Å²) in [5.74, 6) is 0.716. The predicted molar refractivity (Wildman–Crippen MR) is 84.3 cm³/mol. The van der Waals surface area contributed by atoms with Crippen LogP contribution in [-0.4, -0.2) is 22.1 Å². The molecule has 0 saturated heterocycles. The maximum Gasteiger partial charge on any atom is 0.115 e. The van der Waals surface area contributed by atoms with Gasteiger partial charge in [-0.3, -0.25) is 0 Å². The normalized spacial score (nSPS) is 18.2. The molecule has 20 heavy (non-hydrogen) atoms. The van der Waals surface area contributed by atoms with Crippen molar-refractivity contribution >= 4 is 6.08 Å². The van der Waals surface area contributed by atoms with Gasteiger partial charge in [0.2, 0.25) is 0 Å². The molecule has 3 nitrogen and oxygen atoms in total. The maximum absolute atomic E-state index is 4.34. The Morgan fingerprint density at radius 1 is 1.30 bits per heavy atom. The first-order valence-electron chi connectivity index (χ1n) is 7.76. The summed E-state index contributed by atoms with van der Waals surface area (Å²) in [6.45, 7) is 7.61. The molecule has 3 heteroatoms. The standard InChI is InChI=1S/C17H27N3/c1-17(2,3)20-12-15(14-7-5-4-6-8-14)11-16-9-10-18-13-19-16/h9-11,13-14,20H,4-8,12H2,1-3H3/b15-11-. The van der Waals surface area contributed by atoms with E-state index >= 15 is 0 Å². The Bertz CT molecular complexity index is 425. The monoisotopic (exact) mass is 273 g/mol. The van der Waals surface area contributed by atoms with Gasteiger partial charge >= 0.3 is 0 Å². The molecule has 1 N–H and O–H groups in total. The molecule has 1 aliphatic rings. The fourth-order valence-corrected chi connectivity index (χ4v) is 2.73. The van der Waals surface area contributed by atoms with Crippen LogP contribution in [0.25, 0.3) is 6.08 Å². The van der Waals surface area contributed by atoms with Gasteiger partial charge in [-0.05, 0) is 51.7 Å². The van der Waals surface area contributed by atoms with E-state index in [0.29, 0.717) is 5.92 Å². The van der Waals surface area contributed by atoms with Crippen molar-refractivity contribution in [1.29, 1.82) is 0 Å². The van der Waals surface area contributed by atoms with Crippen LogP contribution in [0.4, 0.5) is 0 Å². The minimum absolute atomic E-state index is 0.152. The molecule has 1 fully saturated rings. The Labute approximate surface area is 122 Å². The Hall–Kier alpha value is -1.22. The zero-order valence-electron chi connectivity index (χ0n) is 13.0. The van der Waals surface area contributed by atoms with Crippen LogP contribution in [0.15, 0.2) is 24.2 Å². The van der Waals surface area contributed by atoms with Crippen molar-refractivity contribution in [3.63, 3.8) is 0 Å². The highest BCUT2D eigenvalue weighted by Gasteiger charge is 2.19. The first-order chi connectivity index (χ1) is 9.54. The van der Waals surface area contributed by atoms with Crippen LogP contribution in [0.1, 0.15) is 58.6 Å². The summed E-state index contributed by atoms with van der Waals surface area (Å²) in [5, 5.41) is 3.63. The van der Waals surface area contributed by atoms with Crippen LogP contribution >= 0.6 is 0 Å². The highest BCUT2D eigenvalue weighted by atomic mass is 14.9. The molecule has 1 saturated carbocycles. The first-order valence-corrected chi connectivity index (χ1v) is 7.76. The van der Waals surface area contributed by atoms with Gasteiger partial charge < -0.3 is 5.32 Å². The number of hydrogen-bond acceptors (Lipinski definition) is 3. The van der Waals surface area contributed by atoms with Crippen molar-refractivity contribution in [2.75, 3.05) is 6.54 Å². The minimum Gasteiger partial charge on any atom is -0.308 e. The Kier molecular flexibility index (Phi) is 5.30. The second-order valence-corrected chi connectivity index (χ2v) is 6.79. The van der Waals surface area contributed by atoms with E-state index in [9.17, 15) is 0 Å². The zero-order valence-corrected chi connectivity index (χ0v) is 13.0. The molecule has 110 valence electrons. The fourth-order valence-electron chi connectivity index (χ4n) is 2.73. The van der Waals surface area contributed by atoms with Crippen molar-refractivity contribution in [1.82, 2.24) is 15.3 Å². The quantitative estimate of drug-likeness (QED) is 0.906. The molecule has 0 spiro atoms. The SMILES string of the molecule is CC(C)(C)NC/C(=C/c1ccncn1)C1CCCCC1. The number of hydrogen-bond donors (Lipinski definition) is 1. The summed E-state index contributed by atoms with van der Waals surface area (Å²) >= 11 is 0. The van der Waals surface area contributed by atoms with Gasteiger partial charge in [0.05, 0.1) is 5.69 Å². The van der Waals surface area contributed by atoms with Gasteiger partial charge in [0, 0.05) is 18.3 Å². The predicted octanol–water partition coefficient (Wildman–Crippen LogP) is 3.83. The van der Waals surface area contributed by atoms with Crippen molar-refractivity contribution < 1.29 is 0 Å². The molecule has 0 unspecified atom stereocenters. The van der Waals surface area contributed by atoms with Crippen molar-refractivity contribution in [2.24, 2.45) is 5.92 Å². The summed E-state index contributed by atoms with van der Waals surface area (Å²) in [6, 6.07) is 1.99. The lowest BCUT2D eigenvalue weighted by molar-refractivity contribution is 0.378. The van der Waals surface area contributed by atoms with E-state index in [1.165, 1.54) is 37.7 Å². The lowest BCUT2D eigenvalue weighted by Crippen LogP contribution is -2.38. The third-order valence-corrected chi connectivity index (χ3v) is 3.89. The van der Waals surface area contributed by atoms with Gasteiger partial charge in [-0.15, -0.1) is 0 Å². The van der Waals surface area contributed by atoms with E-state index in [4.69, 9.17) is 0 Å². The largest absolute Gasteiger partial charge is 0.308 e. The highest BCUT2D eigenvalue weighted by molar-refractivity contribution is 5.49. The third-order valence-electron chi connectivity index (χ3n) is 3.89. The lowest BCUT2D eigenvalue weighted by atomic mass is 9.83. The molecule has 0 atom stereocenters. The van der Waals surface area contributed by atoms with Gasteiger partial charge in [-0.1, -0.05) is 24.8 Å². The molecular weight excluding hydrogens is 246 g/mol. The molecule has 1 aromatic rings. The van der Waals surface area contributed by atoms with Crippen LogP contribution < -0.4 is 5.32 Å². The van der Waals surface area contributed by atoms with E-state index in [2.05, 4.69) is 42.1 Å². The van der Waals surface area contributed by atoms with Crippen molar-refractivity contribution in [3.8, 4) is 0 Å². The Balaban J connectivity index is 2.12. The Morgan fingerprint density at radius 2 is 2.05 bits per heavy atom. The van der Waals surface area contributed by atoms with Crippen molar-refractivity contribution in [3.05, 3.63) is 29.9 Å². The molecule has 0 radical (unpaired) electrons. The summed E-state index contributed by atoms with van der Waals surface area (Å²) in [5.41, 5.74) is 2.67. The van der Waals surface area contributed by atoms with Crippen molar-refractivity contribution in [2.45, 2.75) is 58.4 Å².